The van der Waals surface area contributed by atoms with E-state index in [0.717, 1.165) is 4.90 Å². The summed E-state index contributed by atoms with van der Waals surface area (Å²) < 4.78 is 33.8. The van der Waals surface area contributed by atoms with E-state index in [1.165, 1.54) is 49.0 Å². The molecule has 1 aliphatic rings. The van der Waals surface area contributed by atoms with Crippen molar-refractivity contribution < 1.29 is 32.6 Å². The molecule has 2 aromatic carbocycles. The van der Waals surface area contributed by atoms with Gasteiger partial charge in [0.2, 0.25) is 11.7 Å². The molecular weight excluding hydrogens is 392 g/mol. The molecule has 3 rings (SSSR count). The fourth-order valence-corrected chi connectivity index (χ4v) is 3.32. The van der Waals surface area contributed by atoms with Crippen LogP contribution in [0, 0.1) is 0 Å². The molecule has 0 aliphatic carbocycles. The van der Waals surface area contributed by atoms with Crippen molar-refractivity contribution in [3.8, 4) is 5.75 Å². The normalized spacial score (nSPS) is 14.1. The molecule has 1 amide bonds. The first kappa shape index (κ1) is 19.8. The van der Waals surface area contributed by atoms with Crippen LogP contribution in [-0.4, -0.2) is 36.1 Å². The van der Waals surface area contributed by atoms with E-state index in [-0.39, 0.29) is 22.8 Å². The minimum atomic E-state index is -2.96. The summed E-state index contributed by atoms with van der Waals surface area (Å²) in [6.45, 7) is -1.54. The first-order valence-corrected chi connectivity index (χ1v) is 9.19. The van der Waals surface area contributed by atoms with Gasteiger partial charge in [0.15, 0.2) is 6.10 Å². The molecule has 0 aromatic heterocycles. The summed E-state index contributed by atoms with van der Waals surface area (Å²) in [5.74, 6) is -1.13. The predicted octanol–water partition coefficient (Wildman–Crippen LogP) is 3.76. The van der Waals surface area contributed by atoms with Crippen molar-refractivity contribution >= 4 is 35.1 Å². The van der Waals surface area contributed by atoms with E-state index < -0.39 is 24.5 Å². The number of nitrogens with one attached hydrogen (secondary N) is 1. The fourth-order valence-electron chi connectivity index (χ4n) is 2.53. The topological polar surface area (TPSA) is 81.7 Å². The number of benzene rings is 2. The van der Waals surface area contributed by atoms with Gasteiger partial charge in [-0.3, -0.25) is 9.59 Å². The number of hydrogen-bond acceptors (Lipinski definition) is 6. The maximum atomic E-state index is 12.4. The molecule has 1 N–H and O–H groups in total. The lowest BCUT2D eigenvalue weighted by molar-refractivity contribution is -0.113. The van der Waals surface area contributed by atoms with Crippen LogP contribution in [0.25, 0.3) is 0 Å². The highest BCUT2D eigenvalue weighted by Gasteiger charge is 2.22. The summed E-state index contributed by atoms with van der Waals surface area (Å²) in [5, 5.41) is 2.68. The average Bonchev–Trinajstić information content (AvgIpc) is 2.66. The lowest BCUT2D eigenvalue weighted by Gasteiger charge is -2.17. The number of Topliss-reactive ketones (excluding diaryl/α,β-unsaturated/α-hetero) is 1. The first-order valence-electron chi connectivity index (χ1n) is 8.20. The van der Waals surface area contributed by atoms with Crippen LogP contribution in [0.4, 0.5) is 14.5 Å². The molecule has 0 radical (unpaired) electrons. The summed E-state index contributed by atoms with van der Waals surface area (Å²) in [6, 6.07) is 9.85. The molecule has 146 valence electrons. The number of alkyl halides is 2. The summed E-state index contributed by atoms with van der Waals surface area (Å²) in [4.78, 5) is 37.0. The van der Waals surface area contributed by atoms with Gasteiger partial charge in [-0.2, -0.15) is 8.78 Å². The summed E-state index contributed by atoms with van der Waals surface area (Å²) in [7, 11) is 0. The fraction of sp³-hybridized carbons (Fsp3) is 0.211. The third kappa shape index (κ3) is 4.66. The molecule has 1 heterocycles. The average molecular weight is 407 g/mol. The molecule has 1 atom stereocenters. The molecule has 1 aliphatic heterocycles. The predicted molar refractivity (Wildman–Crippen MR) is 98.1 cm³/mol. The monoisotopic (exact) mass is 407 g/mol. The number of anilines is 1. The Morgan fingerprint density at radius 2 is 1.79 bits per heavy atom. The number of carbonyl (C=O) groups excluding carboxylic acids is 3. The van der Waals surface area contributed by atoms with Gasteiger partial charge in [-0.15, -0.1) is 11.8 Å². The Hall–Kier alpha value is -2.94. The second-order valence-corrected chi connectivity index (χ2v) is 6.88. The van der Waals surface area contributed by atoms with Gasteiger partial charge in [-0.25, -0.2) is 4.79 Å². The van der Waals surface area contributed by atoms with Crippen molar-refractivity contribution in [3.05, 3.63) is 53.6 Å². The number of rotatable bonds is 6. The summed E-state index contributed by atoms with van der Waals surface area (Å²) in [5.41, 5.74) is 0.905. The number of hydrogen-bond donors (Lipinski definition) is 1. The van der Waals surface area contributed by atoms with E-state index in [9.17, 15) is 23.2 Å². The molecular formula is C19H15F2NO5S. The second-order valence-electron chi connectivity index (χ2n) is 5.86. The summed E-state index contributed by atoms with van der Waals surface area (Å²) in [6.07, 6.45) is -1.09. The van der Waals surface area contributed by atoms with Crippen LogP contribution >= 0.6 is 11.8 Å². The van der Waals surface area contributed by atoms with Gasteiger partial charge in [0, 0.05) is 10.5 Å². The molecule has 0 saturated carbocycles. The lowest BCUT2D eigenvalue weighted by Crippen LogP contribution is -2.25. The van der Waals surface area contributed by atoms with Gasteiger partial charge in [-0.1, -0.05) is 0 Å². The van der Waals surface area contributed by atoms with Crippen molar-refractivity contribution in [2.24, 2.45) is 0 Å². The molecule has 2 aromatic rings. The van der Waals surface area contributed by atoms with Crippen LogP contribution in [-0.2, 0) is 9.53 Å². The number of esters is 1. The number of ketones is 1. The van der Waals surface area contributed by atoms with E-state index in [1.807, 2.05) is 0 Å². The lowest BCUT2D eigenvalue weighted by atomic mass is 10.1. The number of carbonyl (C=O) groups is 3. The van der Waals surface area contributed by atoms with Crippen molar-refractivity contribution in [1.82, 2.24) is 0 Å². The number of thioether (sulfide) groups is 1. The van der Waals surface area contributed by atoms with Crippen LogP contribution in [0.2, 0.25) is 0 Å². The quantitative estimate of drug-likeness (QED) is 0.580. The Kier molecular flexibility index (Phi) is 5.93. The van der Waals surface area contributed by atoms with Gasteiger partial charge >= 0.3 is 12.6 Å². The standard InChI is InChI=1S/C19H15F2NO5S/c1-10(17(24)11-2-5-13(6-3-11)27-19(20)21)26-18(25)12-4-7-15-14(8-12)22-16(23)9-28-15/h2-8,10,19H,9H2,1H3,(H,22,23)/t10-/m0/s1. The Labute approximate surface area is 163 Å². The van der Waals surface area contributed by atoms with E-state index >= 15 is 0 Å². The largest absolute Gasteiger partial charge is 0.451 e. The van der Waals surface area contributed by atoms with E-state index in [4.69, 9.17) is 4.74 Å². The van der Waals surface area contributed by atoms with Crippen LogP contribution in [0.5, 0.6) is 5.75 Å². The van der Waals surface area contributed by atoms with Gasteiger partial charge in [0.25, 0.3) is 0 Å². The van der Waals surface area contributed by atoms with Crippen molar-refractivity contribution in [2.45, 2.75) is 24.5 Å². The van der Waals surface area contributed by atoms with Crippen LogP contribution in [0.1, 0.15) is 27.6 Å². The van der Waals surface area contributed by atoms with Crippen molar-refractivity contribution in [1.29, 1.82) is 0 Å². The third-order valence-corrected chi connectivity index (χ3v) is 4.94. The highest BCUT2D eigenvalue weighted by Crippen LogP contribution is 2.32. The number of fused-ring (bicyclic) bond motifs is 1. The van der Waals surface area contributed by atoms with Crippen molar-refractivity contribution in [3.63, 3.8) is 0 Å². The molecule has 0 spiro atoms. The van der Waals surface area contributed by atoms with Crippen LogP contribution < -0.4 is 10.1 Å². The minimum Gasteiger partial charge on any atom is -0.451 e. The molecule has 0 unspecified atom stereocenters. The first-order chi connectivity index (χ1) is 13.3. The van der Waals surface area contributed by atoms with Crippen molar-refractivity contribution in [2.75, 3.05) is 11.1 Å². The van der Waals surface area contributed by atoms with E-state index in [2.05, 4.69) is 10.1 Å². The third-order valence-electron chi connectivity index (χ3n) is 3.87. The highest BCUT2D eigenvalue weighted by molar-refractivity contribution is 8.00. The van der Waals surface area contributed by atoms with Gasteiger partial charge in [-0.05, 0) is 49.4 Å². The van der Waals surface area contributed by atoms with Gasteiger partial charge < -0.3 is 14.8 Å². The van der Waals surface area contributed by atoms with Gasteiger partial charge in [0.05, 0.1) is 17.0 Å². The zero-order valence-electron chi connectivity index (χ0n) is 14.6. The number of amides is 1. The maximum absolute atomic E-state index is 12.4. The zero-order valence-corrected chi connectivity index (χ0v) is 15.4. The minimum absolute atomic E-state index is 0.0785. The Morgan fingerprint density at radius 1 is 1.11 bits per heavy atom. The smallest absolute Gasteiger partial charge is 0.387 e. The molecule has 0 saturated heterocycles. The zero-order chi connectivity index (χ0) is 20.3. The van der Waals surface area contributed by atoms with Gasteiger partial charge in [0.1, 0.15) is 5.75 Å². The molecule has 28 heavy (non-hydrogen) atoms. The summed E-state index contributed by atoms with van der Waals surface area (Å²) >= 11 is 1.36. The van der Waals surface area contributed by atoms with Crippen LogP contribution in [0.15, 0.2) is 47.4 Å². The molecule has 9 heteroatoms. The number of ether oxygens (including phenoxy) is 2. The Balaban J connectivity index is 1.66. The molecule has 6 nitrogen and oxygen atoms in total. The van der Waals surface area contributed by atoms with E-state index in [0.29, 0.717) is 11.4 Å². The second kappa shape index (κ2) is 8.39. The SMILES string of the molecule is C[C@H](OC(=O)c1ccc2c(c1)NC(=O)CS2)C(=O)c1ccc(OC(F)F)cc1. The molecule has 0 fully saturated rings. The van der Waals surface area contributed by atoms with E-state index in [1.54, 1.807) is 12.1 Å². The highest BCUT2D eigenvalue weighted by atomic mass is 32.2. The Bertz CT molecular complexity index is 917. The number of halogens is 2. The molecule has 0 bridgehead atoms. The Morgan fingerprint density at radius 3 is 2.46 bits per heavy atom. The maximum Gasteiger partial charge on any atom is 0.387 e. The van der Waals surface area contributed by atoms with Crippen LogP contribution in [0.3, 0.4) is 0 Å².